The topological polar surface area (TPSA) is 95.7 Å². The average Bonchev–Trinajstić information content (AvgIpc) is 3.55. The smallest absolute Gasteiger partial charge is 0.246 e. The molecule has 0 aliphatic carbocycles. The highest BCUT2D eigenvalue weighted by molar-refractivity contribution is 7.13. The number of nitrogens with one attached hydrogen (secondary N) is 1. The predicted molar refractivity (Wildman–Crippen MR) is 132 cm³/mol. The minimum Gasteiger partial charge on any atom is -0.388 e. The molecule has 0 bridgehead atoms. The number of carbonyl (C=O) groups is 2. The number of carbonyl (C=O) groups excluding carboxylic acids is 2. The number of thiophene rings is 1. The summed E-state index contributed by atoms with van der Waals surface area (Å²) in [6.07, 6.45) is -1.90. The highest BCUT2D eigenvalue weighted by Crippen LogP contribution is 2.33. The van der Waals surface area contributed by atoms with E-state index in [4.69, 9.17) is 4.52 Å². The second-order valence-corrected chi connectivity index (χ2v) is 10.3. The van der Waals surface area contributed by atoms with Crippen molar-refractivity contribution in [3.05, 3.63) is 64.9 Å². The molecule has 0 spiro atoms. The average molecular weight is 500 g/mol. The fourth-order valence-electron chi connectivity index (χ4n) is 4.59. The van der Waals surface area contributed by atoms with Gasteiger partial charge in [0.15, 0.2) is 6.17 Å². The quantitative estimate of drug-likeness (QED) is 0.507. The molecule has 3 aromatic rings. The van der Waals surface area contributed by atoms with Crippen LogP contribution < -0.4 is 5.32 Å². The van der Waals surface area contributed by atoms with Gasteiger partial charge in [0, 0.05) is 10.9 Å². The number of aryl methyl sites for hydroxylation is 1. The van der Waals surface area contributed by atoms with Crippen LogP contribution in [0.2, 0.25) is 0 Å². The van der Waals surface area contributed by atoms with Gasteiger partial charge in [0.1, 0.15) is 23.8 Å². The Labute approximate surface area is 207 Å². The zero-order valence-electron chi connectivity index (χ0n) is 20.1. The van der Waals surface area contributed by atoms with Gasteiger partial charge in [0.05, 0.1) is 18.8 Å². The molecule has 1 aliphatic rings. The first kappa shape index (κ1) is 25.1. The maximum absolute atomic E-state index is 15.0. The number of aliphatic hydroxyl groups is 1. The van der Waals surface area contributed by atoms with Crippen molar-refractivity contribution in [1.29, 1.82) is 0 Å². The largest absolute Gasteiger partial charge is 0.388 e. The summed E-state index contributed by atoms with van der Waals surface area (Å²) in [6.45, 7) is 7.27. The van der Waals surface area contributed by atoms with Gasteiger partial charge in [-0.3, -0.25) is 9.59 Å². The van der Waals surface area contributed by atoms with E-state index in [0.29, 0.717) is 5.76 Å². The molecule has 1 aliphatic heterocycles. The number of amides is 2. The van der Waals surface area contributed by atoms with Gasteiger partial charge in [-0.05, 0) is 47.9 Å². The first-order chi connectivity index (χ1) is 16.7. The molecule has 7 nitrogen and oxygen atoms in total. The first-order valence-electron chi connectivity index (χ1n) is 11.7. The third-order valence-electron chi connectivity index (χ3n) is 6.53. The monoisotopic (exact) mass is 499 g/mol. The summed E-state index contributed by atoms with van der Waals surface area (Å²) >= 11 is 1.67. The fraction of sp³-hybridized carbons (Fsp3) is 0.423. The van der Waals surface area contributed by atoms with Crippen LogP contribution >= 0.6 is 11.3 Å². The molecule has 2 aromatic heterocycles. The first-order valence-corrected chi connectivity index (χ1v) is 12.5. The van der Waals surface area contributed by atoms with Crippen molar-refractivity contribution in [2.75, 3.05) is 6.54 Å². The number of aromatic nitrogens is 1. The summed E-state index contributed by atoms with van der Waals surface area (Å²) in [7, 11) is 0. The maximum Gasteiger partial charge on any atom is 0.246 e. The summed E-state index contributed by atoms with van der Waals surface area (Å²) in [5.74, 6) is -1.70. The van der Waals surface area contributed by atoms with E-state index in [1.165, 1.54) is 16.6 Å². The third-order valence-corrected chi connectivity index (χ3v) is 7.60. The molecule has 0 unspecified atom stereocenters. The Morgan fingerprint density at radius 1 is 1.20 bits per heavy atom. The Hall–Kier alpha value is -3.04. The van der Waals surface area contributed by atoms with Gasteiger partial charge in [-0.15, -0.1) is 11.3 Å². The molecule has 186 valence electrons. The van der Waals surface area contributed by atoms with Gasteiger partial charge in [0.2, 0.25) is 11.8 Å². The molecule has 1 aromatic carbocycles. The lowest BCUT2D eigenvalue weighted by Gasteiger charge is -2.29. The van der Waals surface area contributed by atoms with E-state index in [1.807, 2.05) is 43.5 Å². The highest BCUT2D eigenvalue weighted by atomic mass is 32.1. The summed E-state index contributed by atoms with van der Waals surface area (Å²) < 4.78 is 20.2. The Bertz CT molecular complexity index is 1160. The van der Waals surface area contributed by atoms with Gasteiger partial charge in [-0.1, -0.05) is 43.3 Å². The summed E-state index contributed by atoms with van der Waals surface area (Å²) in [6, 6.07) is 9.65. The Morgan fingerprint density at radius 3 is 2.49 bits per heavy atom. The van der Waals surface area contributed by atoms with Crippen LogP contribution in [-0.4, -0.2) is 51.8 Å². The van der Waals surface area contributed by atoms with Crippen LogP contribution in [0.25, 0.3) is 10.4 Å². The number of aliphatic hydroxyl groups excluding tert-OH is 1. The van der Waals surface area contributed by atoms with Crippen LogP contribution in [0.15, 0.2) is 52.5 Å². The lowest BCUT2D eigenvalue weighted by Crippen LogP contribution is -2.51. The van der Waals surface area contributed by atoms with Crippen molar-refractivity contribution in [3.63, 3.8) is 0 Å². The molecule has 9 heteroatoms. The van der Waals surface area contributed by atoms with E-state index in [2.05, 4.69) is 23.5 Å². The summed E-state index contributed by atoms with van der Waals surface area (Å²) in [4.78, 5) is 28.9. The molecule has 4 rings (SSSR count). The Morgan fingerprint density at radius 2 is 1.91 bits per heavy atom. The number of benzene rings is 1. The van der Waals surface area contributed by atoms with Crippen LogP contribution in [-0.2, 0) is 9.59 Å². The van der Waals surface area contributed by atoms with Crippen molar-refractivity contribution in [3.8, 4) is 10.4 Å². The lowest BCUT2D eigenvalue weighted by molar-refractivity contribution is -0.142. The standard InChI is InChI=1S/C26H30FN3O4S/c1-14(2)21(20-9-11-28-34-20)26(33)30-13-19(31)22(27)23(30)25(32)29-16(4)17-5-7-18(8-6-17)24-15(3)10-12-35-24/h5-12,14,16,19,21-23,31H,13H2,1-4H3,(H,29,32)/t16-,19-,21+,22-,23-/m0/s1. The van der Waals surface area contributed by atoms with Crippen molar-refractivity contribution in [2.24, 2.45) is 5.92 Å². The Balaban J connectivity index is 1.50. The predicted octanol–water partition coefficient (Wildman–Crippen LogP) is 4.24. The van der Waals surface area contributed by atoms with Crippen molar-refractivity contribution in [2.45, 2.75) is 58.0 Å². The number of nitrogens with zero attached hydrogens (tertiary/aromatic N) is 2. The number of halogens is 1. The number of hydrogen-bond acceptors (Lipinski definition) is 6. The lowest BCUT2D eigenvalue weighted by atomic mass is 9.91. The van der Waals surface area contributed by atoms with Crippen molar-refractivity contribution in [1.82, 2.24) is 15.4 Å². The SMILES string of the molecule is Cc1ccsc1-c1ccc([C@H](C)NC(=O)[C@@H]2[C@@H](F)[C@@H](O)CN2C(=O)[C@@H](c2ccno2)C(C)C)cc1. The zero-order valence-corrected chi connectivity index (χ0v) is 21.0. The molecule has 1 saturated heterocycles. The van der Waals surface area contributed by atoms with Crippen molar-refractivity contribution >= 4 is 23.2 Å². The van der Waals surface area contributed by atoms with E-state index >= 15 is 4.39 Å². The van der Waals surface area contributed by atoms with E-state index in [0.717, 1.165) is 16.0 Å². The molecule has 1 fully saturated rings. The van der Waals surface area contributed by atoms with Crippen LogP contribution in [0, 0.1) is 12.8 Å². The van der Waals surface area contributed by atoms with Gasteiger partial charge in [0.25, 0.3) is 0 Å². The van der Waals surface area contributed by atoms with E-state index < -0.39 is 42.1 Å². The van der Waals surface area contributed by atoms with Crippen LogP contribution in [0.4, 0.5) is 4.39 Å². The number of likely N-dealkylation sites (tertiary alicyclic amines) is 1. The molecule has 0 saturated carbocycles. The van der Waals surface area contributed by atoms with E-state index in [-0.39, 0.29) is 12.5 Å². The van der Waals surface area contributed by atoms with Gasteiger partial charge >= 0.3 is 0 Å². The molecule has 2 amide bonds. The second-order valence-electron chi connectivity index (χ2n) is 9.37. The maximum atomic E-state index is 15.0. The number of hydrogen-bond donors (Lipinski definition) is 2. The molecule has 2 N–H and O–H groups in total. The molecule has 35 heavy (non-hydrogen) atoms. The minimum absolute atomic E-state index is 0.181. The number of rotatable bonds is 7. The molecular weight excluding hydrogens is 469 g/mol. The van der Waals surface area contributed by atoms with Gasteiger partial charge in [-0.2, -0.15) is 0 Å². The van der Waals surface area contributed by atoms with Crippen LogP contribution in [0.1, 0.15) is 49.6 Å². The fourth-order valence-corrected chi connectivity index (χ4v) is 5.52. The van der Waals surface area contributed by atoms with Gasteiger partial charge < -0.3 is 19.8 Å². The summed E-state index contributed by atoms with van der Waals surface area (Å²) in [5.41, 5.74) is 3.14. The number of alkyl halides is 1. The molecule has 0 radical (unpaired) electrons. The third kappa shape index (κ3) is 5.01. The van der Waals surface area contributed by atoms with Crippen LogP contribution in [0.3, 0.4) is 0 Å². The van der Waals surface area contributed by atoms with Crippen LogP contribution in [0.5, 0.6) is 0 Å². The number of β-amino-alcohol motifs (C(OH)–C–C–N with tert-alkyl or cyclic N) is 1. The second kappa shape index (κ2) is 10.3. The Kier molecular flexibility index (Phi) is 7.37. The molecule has 3 heterocycles. The zero-order chi connectivity index (χ0) is 25.3. The van der Waals surface area contributed by atoms with Gasteiger partial charge in [-0.25, -0.2) is 4.39 Å². The highest BCUT2D eigenvalue weighted by Gasteiger charge is 2.50. The van der Waals surface area contributed by atoms with Crippen molar-refractivity contribution < 1.29 is 23.6 Å². The molecular formula is C26H30FN3O4S. The van der Waals surface area contributed by atoms with E-state index in [1.54, 1.807) is 24.3 Å². The normalized spacial score (nSPS) is 21.8. The summed E-state index contributed by atoms with van der Waals surface area (Å²) in [5, 5.41) is 18.7. The van der Waals surface area contributed by atoms with E-state index in [9.17, 15) is 14.7 Å². The minimum atomic E-state index is -1.89. The molecule has 5 atom stereocenters.